The molecule has 0 aliphatic carbocycles. The Bertz CT molecular complexity index is 660. The summed E-state index contributed by atoms with van der Waals surface area (Å²) in [6, 6.07) is 8.47. The largest absolute Gasteiger partial charge is 0.276 e. The molecule has 0 saturated carbocycles. The predicted octanol–water partition coefficient (Wildman–Crippen LogP) is 2.57. The summed E-state index contributed by atoms with van der Waals surface area (Å²) in [5.74, 6) is 0. The van der Waals surface area contributed by atoms with Crippen LogP contribution in [-0.2, 0) is 10.0 Å². The van der Waals surface area contributed by atoms with Crippen LogP contribution in [0.25, 0.3) is 0 Å². The predicted molar refractivity (Wildman–Crippen MR) is 74.6 cm³/mol. The normalized spacial score (nSPS) is 11.8. The first-order valence-electron chi connectivity index (χ1n) is 6.04. The monoisotopic (exact) mass is 279 g/mol. The summed E-state index contributed by atoms with van der Waals surface area (Å²) in [4.78, 5) is 0.242. The topological polar surface area (TPSA) is 64.0 Å². The number of hydrogen-bond acceptors (Lipinski definition) is 3. The molecule has 0 aliphatic rings. The smallest absolute Gasteiger partial charge is 0.262 e. The van der Waals surface area contributed by atoms with Gasteiger partial charge in [0.05, 0.1) is 16.3 Å². The number of aromatic nitrogens is 2. The Morgan fingerprint density at radius 3 is 2.37 bits per heavy atom. The molecule has 0 atom stereocenters. The van der Waals surface area contributed by atoms with Gasteiger partial charge < -0.3 is 0 Å². The number of aryl methyl sites for hydroxylation is 1. The van der Waals surface area contributed by atoms with E-state index < -0.39 is 10.0 Å². The van der Waals surface area contributed by atoms with Gasteiger partial charge in [-0.2, -0.15) is 5.10 Å². The summed E-state index contributed by atoms with van der Waals surface area (Å²) in [6.45, 7) is 5.76. The van der Waals surface area contributed by atoms with E-state index in [9.17, 15) is 8.42 Å². The van der Waals surface area contributed by atoms with Crippen LogP contribution in [0.15, 0.2) is 41.4 Å². The van der Waals surface area contributed by atoms with E-state index in [2.05, 4.69) is 9.82 Å². The Balaban J connectivity index is 2.31. The van der Waals surface area contributed by atoms with Crippen LogP contribution in [-0.4, -0.2) is 18.2 Å². The molecule has 0 amide bonds. The Labute approximate surface area is 113 Å². The van der Waals surface area contributed by atoms with E-state index in [0.717, 1.165) is 0 Å². The minimum atomic E-state index is -3.55. The molecular weight excluding hydrogens is 262 g/mol. The van der Waals surface area contributed by atoms with Gasteiger partial charge >= 0.3 is 0 Å². The van der Waals surface area contributed by atoms with E-state index >= 15 is 0 Å². The maximum atomic E-state index is 12.2. The zero-order valence-electron chi connectivity index (χ0n) is 11.2. The van der Waals surface area contributed by atoms with E-state index in [0.29, 0.717) is 11.4 Å². The average molecular weight is 279 g/mol. The number of sulfonamides is 1. The number of benzene rings is 1. The summed E-state index contributed by atoms with van der Waals surface area (Å²) in [6.07, 6.45) is 1.71. The summed E-state index contributed by atoms with van der Waals surface area (Å²) in [7, 11) is -3.55. The third-order valence-corrected chi connectivity index (χ3v) is 4.12. The Hall–Kier alpha value is -1.82. The van der Waals surface area contributed by atoms with Crippen LogP contribution in [0.4, 0.5) is 5.69 Å². The van der Waals surface area contributed by atoms with Gasteiger partial charge in [-0.05, 0) is 32.9 Å². The van der Waals surface area contributed by atoms with Gasteiger partial charge in [0, 0.05) is 12.2 Å². The fourth-order valence-corrected chi connectivity index (χ4v) is 2.77. The molecule has 1 heterocycles. The molecule has 0 bridgehead atoms. The van der Waals surface area contributed by atoms with Crippen LogP contribution in [0.5, 0.6) is 0 Å². The molecule has 0 aliphatic heterocycles. The lowest BCUT2D eigenvalue weighted by atomic mass is 10.4. The average Bonchev–Trinajstić information content (AvgIpc) is 2.72. The van der Waals surface area contributed by atoms with Gasteiger partial charge in [0.15, 0.2) is 0 Å². The maximum absolute atomic E-state index is 12.2. The third-order valence-electron chi connectivity index (χ3n) is 2.74. The van der Waals surface area contributed by atoms with Crippen molar-refractivity contribution in [2.24, 2.45) is 0 Å². The quantitative estimate of drug-likeness (QED) is 0.935. The van der Waals surface area contributed by atoms with Crippen LogP contribution >= 0.6 is 0 Å². The molecule has 5 nitrogen and oxygen atoms in total. The molecule has 6 heteroatoms. The first-order chi connectivity index (χ1) is 8.90. The van der Waals surface area contributed by atoms with Crippen LogP contribution in [0, 0.1) is 6.92 Å². The molecule has 0 spiro atoms. The third kappa shape index (κ3) is 2.96. The zero-order valence-corrected chi connectivity index (χ0v) is 12.0. The van der Waals surface area contributed by atoms with Crippen molar-refractivity contribution in [2.45, 2.75) is 31.7 Å². The van der Waals surface area contributed by atoms with Crippen molar-refractivity contribution in [3.8, 4) is 0 Å². The Kier molecular flexibility index (Phi) is 3.61. The first-order valence-corrected chi connectivity index (χ1v) is 7.52. The number of rotatable bonds is 4. The van der Waals surface area contributed by atoms with Crippen molar-refractivity contribution in [3.63, 3.8) is 0 Å². The van der Waals surface area contributed by atoms with Crippen molar-refractivity contribution < 1.29 is 8.42 Å². The van der Waals surface area contributed by atoms with Gasteiger partial charge in [0.1, 0.15) is 0 Å². The molecule has 2 aromatic rings. The van der Waals surface area contributed by atoms with Crippen LogP contribution in [0.2, 0.25) is 0 Å². The molecule has 0 radical (unpaired) electrons. The van der Waals surface area contributed by atoms with Gasteiger partial charge in [0.2, 0.25) is 0 Å². The molecule has 0 unspecified atom stereocenters. The molecule has 1 N–H and O–H groups in total. The lowest BCUT2D eigenvalue weighted by Gasteiger charge is -2.06. The van der Waals surface area contributed by atoms with Gasteiger partial charge in [-0.15, -0.1) is 0 Å². The fraction of sp³-hybridized carbons (Fsp3) is 0.308. The maximum Gasteiger partial charge on any atom is 0.262 e. The van der Waals surface area contributed by atoms with E-state index in [-0.39, 0.29) is 10.9 Å². The second kappa shape index (κ2) is 5.05. The van der Waals surface area contributed by atoms with Crippen LogP contribution < -0.4 is 4.72 Å². The van der Waals surface area contributed by atoms with Crippen LogP contribution in [0.1, 0.15) is 25.6 Å². The first kappa shape index (κ1) is 13.6. The molecule has 1 aromatic heterocycles. The van der Waals surface area contributed by atoms with E-state index in [1.54, 1.807) is 48.1 Å². The van der Waals surface area contributed by atoms with E-state index in [1.807, 2.05) is 13.8 Å². The minimum Gasteiger partial charge on any atom is -0.276 e. The van der Waals surface area contributed by atoms with Gasteiger partial charge in [-0.3, -0.25) is 9.40 Å². The van der Waals surface area contributed by atoms with E-state index in [4.69, 9.17) is 0 Å². The number of nitrogens with one attached hydrogen (secondary N) is 1. The Morgan fingerprint density at radius 1 is 1.21 bits per heavy atom. The van der Waals surface area contributed by atoms with Gasteiger partial charge in [-0.1, -0.05) is 18.2 Å². The second-order valence-electron chi connectivity index (χ2n) is 4.62. The van der Waals surface area contributed by atoms with Crippen molar-refractivity contribution in [1.29, 1.82) is 0 Å². The highest BCUT2D eigenvalue weighted by atomic mass is 32.2. The van der Waals surface area contributed by atoms with E-state index in [1.165, 1.54) is 0 Å². The summed E-state index contributed by atoms with van der Waals surface area (Å²) in [5.41, 5.74) is 1.17. The summed E-state index contributed by atoms with van der Waals surface area (Å²) in [5, 5.41) is 4.28. The second-order valence-corrected chi connectivity index (χ2v) is 6.30. The lowest BCUT2D eigenvalue weighted by Crippen LogP contribution is -2.13. The highest BCUT2D eigenvalue weighted by Crippen LogP contribution is 2.20. The zero-order chi connectivity index (χ0) is 14.0. The van der Waals surface area contributed by atoms with Crippen molar-refractivity contribution >= 4 is 15.7 Å². The van der Waals surface area contributed by atoms with Crippen molar-refractivity contribution in [2.75, 3.05) is 4.72 Å². The number of hydrogen-bond donors (Lipinski definition) is 1. The molecular formula is C13H17N3O2S. The molecule has 0 fully saturated rings. The van der Waals surface area contributed by atoms with Gasteiger partial charge in [0.25, 0.3) is 10.0 Å². The Morgan fingerprint density at radius 2 is 1.84 bits per heavy atom. The molecule has 1 aromatic carbocycles. The highest BCUT2D eigenvalue weighted by Gasteiger charge is 2.16. The molecule has 2 rings (SSSR count). The highest BCUT2D eigenvalue weighted by molar-refractivity contribution is 7.92. The standard InChI is InChI=1S/C13H17N3O2S/c1-10(2)16-9-13(11(3)14-16)15-19(17,18)12-7-5-4-6-8-12/h4-10,15H,1-3H3. The number of anilines is 1. The SMILES string of the molecule is Cc1nn(C(C)C)cc1NS(=O)(=O)c1ccccc1. The molecule has 19 heavy (non-hydrogen) atoms. The van der Waals surface area contributed by atoms with Crippen LogP contribution in [0.3, 0.4) is 0 Å². The molecule has 0 saturated heterocycles. The fourth-order valence-electron chi connectivity index (χ4n) is 1.65. The lowest BCUT2D eigenvalue weighted by molar-refractivity contribution is 0.529. The molecule has 102 valence electrons. The van der Waals surface area contributed by atoms with Crippen molar-refractivity contribution in [3.05, 3.63) is 42.2 Å². The van der Waals surface area contributed by atoms with Crippen molar-refractivity contribution in [1.82, 2.24) is 9.78 Å². The summed E-state index contributed by atoms with van der Waals surface area (Å²) < 4.78 is 28.7. The van der Waals surface area contributed by atoms with Gasteiger partial charge in [-0.25, -0.2) is 8.42 Å². The minimum absolute atomic E-state index is 0.189. The number of nitrogens with zero attached hydrogens (tertiary/aromatic N) is 2. The summed E-state index contributed by atoms with van der Waals surface area (Å²) >= 11 is 0.